The van der Waals surface area contributed by atoms with E-state index in [9.17, 15) is 9.50 Å². The van der Waals surface area contributed by atoms with Gasteiger partial charge in [0.15, 0.2) is 11.6 Å². The van der Waals surface area contributed by atoms with Crippen molar-refractivity contribution in [2.24, 2.45) is 0 Å². The number of hydrogen-bond donors (Lipinski definition) is 2. The molecular formula is C13H11FO2. The fourth-order valence-corrected chi connectivity index (χ4v) is 1.48. The highest BCUT2D eigenvalue weighted by Gasteiger charge is 2.05. The van der Waals surface area contributed by atoms with Crippen molar-refractivity contribution >= 4 is 0 Å². The molecule has 0 fully saturated rings. The van der Waals surface area contributed by atoms with Crippen LogP contribution in [0.15, 0.2) is 36.4 Å². The Morgan fingerprint density at radius 1 is 0.875 bits per heavy atom. The lowest BCUT2D eigenvalue weighted by atomic mass is 10.0. The number of rotatable bonds is 1. The van der Waals surface area contributed by atoms with Crippen molar-refractivity contribution in [3.05, 3.63) is 47.8 Å². The van der Waals surface area contributed by atoms with E-state index in [1.807, 2.05) is 0 Å². The van der Waals surface area contributed by atoms with E-state index in [0.29, 0.717) is 11.1 Å². The van der Waals surface area contributed by atoms with Crippen molar-refractivity contribution < 1.29 is 14.6 Å². The standard InChI is InChI=1S/C13H11FO2/c1-8-2-3-10(7-13(8)16)9-4-5-12(15)11(14)6-9/h2-7,15-16H,1H3. The van der Waals surface area contributed by atoms with Crippen molar-refractivity contribution in [2.45, 2.75) is 6.92 Å². The van der Waals surface area contributed by atoms with Crippen LogP contribution in [-0.2, 0) is 0 Å². The molecule has 2 aromatic carbocycles. The van der Waals surface area contributed by atoms with Crippen LogP contribution in [0, 0.1) is 12.7 Å². The maximum atomic E-state index is 13.1. The molecule has 0 saturated heterocycles. The predicted octanol–water partition coefficient (Wildman–Crippen LogP) is 3.21. The maximum Gasteiger partial charge on any atom is 0.165 e. The van der Waals surface area contributed by atoms with Crippen LogP contribution in [0.2, 0.25) is 0 Å². The van der Waals surface area contributed by atoms with Crippen LogP contribution in [0.25, 0.3) is 11.1 Å². The summed E-state index contributed by atoms with van der Waals surface area (Å²) in [6.07, 6.45) is 0. The van der Waals surface area contributed by atoms with Gasteiger partial charge in [-0.15, -0.1) is 0 Å². The summed E-state index contributed by atoms with van der Waals surface area (Å²) in [5, 5.41) is 18.6. The molecule has 0 unspecified atom stereocenters. The van der Waals surface area contributed by atoms with Gasteiger partial charge in [-0.05, 0) is 41.8 Å². The summed E-state index contributed by atoms with van der Waals surface area (Å²) >= 11 is 0. The number of halogens is 1. The fraction of sp³-hybridized carbons (Fsp3) is 0.0769. The van der Waals surface area contributed by atoms with E-state index in [0.717, 1.165) is 5.56 Å². The first-order valence-electron chi connectivity index (χ1n) is 4.86. The molecule has 2 N–H and O–H groups in total. The van der Waals surface area contributed by atoms with Crippen LogP contribution in [0.3, 0.4) is 0 Å². The summed E-state index contributed by atoms with van der Waals surface area (Å²) in [5.41, 5.74) is 2.09. The van der Waals surface area contributed by atoms with Gasteiger partial charge in [0, 0.05) is 0 Å². The SMILES string of the molecule is Cc1ccc(-c2ccc(O)c(F)c2)cc1O. The third-order valence-electron chi connectivity index (χ3n) is 2.49. The minimum atomic E-state index is -0.669. The minimum Gasteiger partial charge on any atom is -0.508 e. The first kappa shape index (κ1) is 10.5. The minimum absolute atomic E-state index is 0.172. The number of aryl methyl sites for hydroxylation is 1. The number of hydrogen-bond acceptors (Lipinski definition) is 2. The molecular weight excluding hydrogens is 207 g/mol. The zero-order valence-corrected chi connectivity index (χ0v) is 8.74. The van der Waals surface area contributed by atoms with Gasteiger partial charge in [0.1, 0.15) is 5.75 Å². The van der Waals surface area contributed by atoms with E-state index in [-0.39, 0.29) is 11.5 Å². The van der Waals surface area contributed by atoms with Gasteiger partial charge in [0.25, 0.3) is 0 Å². The molecule has 0 aromatic heterocycles. The Morgan fingerprint density at radius 2 is 1.50 bits per heavy atom. The zero-order valence-electron chi connectivity index (χ0n) is 8.74. The van der Waals surface area contributed by atoms with Crippen molar-refractivity contribution in [1.29, 1.82) is 0 Å². The second-order valence-corrected chi connectivity index (χ2v) is 3.67. The molecule has 0 aliphatic heterocycles. The van der Waals surface area contributed by atoms with Gasteiger partial charge < -0.3 is 10.2 Å². The van der Waals surface area contributed by atoms with Crippen LogP contribution in [0.1, 0.15) is 5.56 Å². The zero-order chi connectivity index (χ0) is 11.7. The molecule has 0 amide bonds. The van der Waals surface area contributed by atoms with Crippen molar-refractivity contribution in [2.75, 3.05) is 0 Å². The van der Waals surface area contributed by atoms with Gasteiger partial charge in [0.05, 0.1) is 0 Å². The molecule has 82 valence electrons. The summed E-state index contributed by atoms with van der Waals surface area (Å²) in [4.78, 5) is 0. The molecule has 2 aromatic rings. The lowest BCUT2D eigenvalue weighted by molar-refractivity contribution is 0.432. The van der Waals surface area contributed by atoms with Gasteiger partial charge >= 0.3 is 0 Å². The highest BCUT2D eigenvalue weighted by atomic mass is 19.1. The summed E-state index contributed by atoms with van der Waals surface area (Å²) in [7, 11) is 0. The van der Waals surface area contributed by atoms with E-state index in [2.05, 4.69) is 0 Å². The van der Waals surface area contributed by atoms with Crippen molar-refractivity contribution in [1.82, 2.24) is 0 Å². The second kappa shape index (κ2) is 3.85. The normalized spacial score (nSPS) is 10.4. The molecule has 0 aliphatic carbocycles. The Kier molecular flexibility index (Phi) is 2.52. The Balaban J connectivity index is 2.50. The van der Waals surface area contributed by atoms with Gasteiger partial charge in [0.2, 0.25) is 0 Å². The number of aromatic hydroxyl groups is 2. The summed E-state index contributed by atoms with van der Waals surface area (Å²) in [5.74, 6) is -0.872. The van der Waals surface area contributed by atoms with Crippen molar-refractivity contribution in [3.8, 4) is 22.6 Å². The lowest BCUT2D eigenvalue weighted by Gasteiger charge is -2.05. The fourth-order valence-electron chi connectivity index (χ4n) is 1.48. The summed E-state index contributed by atoms with van der Waals surface area (Å²) in [6, 6.07) is 9.25. The maximum absolute atomic E-state index is 13.1. The van der Waals surface area contributed by atoms with Gasteiger partial charge in [-0.2, -0.15) is 0 Å². The summed E-state index contributed by atoms with van der Waals surface area (Å²) in [6.45, 7) is 1.79. The third kappa shape index (κ3) is 1.84. The van der Waals surface area contributed by atoms with E-state index in [1.54, 1.807) is 31.2 Å². The quantitative estimate of drug-likeness (QED) is 0.771. The van der Waals surface area contributed by atoms with Crippen LogP contribution >= 0.6 is 0 Å². The van der Waals surface area contributed by atoms with Crippen LogP contribution < -0.4 is 0 Å². The summed E-state index contributed by atoms with van der Waals surface area (Å²) < 4.78 is 13.1. The van der Waals surface area contributed by atoms with Gasteiger partial charge in [-0.1, -0.05) is 18.2 Å². The monoisotopic (exact) mass is 218 g/mol. The van der Waals surface area contributed by atoms with E-state index in [4.69, 9.17) is 5.11 Å². The molecule has 0 aliphatic rings. The highest BCUT2D eigenvalue weighted by molar-refractivity contribution is 5.66. The Bertz CT molecular complexity index is 486. The molecule has 0 saturated carbocycles. The first-order chi connectivity index (χ1) is 7.58. The molecule has 0 radical (unpaired) electrons. The van der Waals surface area contributed by atoms with Crippen LogP contribution in [0.4, 0.5) is 4.39 Å². The predicted molar refractivity (Wildman–Crippen MR) is 59.9 cm³/mol. The van der Waals surface area contributed by atoms with E-state index in [1.165, 1.54) is 12.1 Å². The number of phenolic OH excluding ortho intramolecular Hbond substituents is 2. The molecule has 0 bridgehead atoms. The number of benzene rings is 2. The largest absolute Gasteiger partial charge is 0.508 e. The molecule has 0 spiro atoms. The Morgan fingerprint density at radius 3 is 2.12 bits per heavy atom. The van der Waals surface area contributed by atoms with Crippen LogP contribution in [0.5, 0.6) is 11.5 Å². The lowest BCUT2D eigenvalue weighted by Crippen LogP contribution is -1.82. The molecule has 2 nitrogen and oxygen atoms in total. The van der Waals surface area contributed by atoms with E-state index >= 15 is 0 Å². The Labute approximate surface area is 92.6 Å². The van der Waals surface area contributed by atoms with Gasteiger partial charge in [-0.3, -0.25) is 0 Å². The number of phenols is 2. The topological polar surface area (TPSA) is 40.5 Å². The Hall–Kier alpha value is -2.03. The van der Waals surface area contributed by atoms with Crippen LogP contribution in [-0.4, -0.2) is 10.2 Å². The molecule has 2 rings (SSSR count). The third-order valence-corrected chi connectivity index (χ3v) is 2.49. The van der Waals surface area contributed by atoms with E-state index < -0.39 is 5.82 Å². The first-order valence-corrected chi connectivity index (χ1v) is 4.86. The second-order valence-electron chi connectivity index (χ2n) is 3.67. The smallest absolute Gasteiger partial charge is 0.165 e. The molecule has 0 atom stereocenters. The molecule has 3 heteroatoms. The highest BCUT2D eigenvalue weighted by Crippen LogP contribution is 2.28. The molecule has 0 heterocycles. The molecule has 16 heavy (non-hydrogen) atoms. The average Bonchev–Trinajstić information content (AvgIpc) is 2.26. The van der Waals surface area contributed by atoms with Crippen molar-refractivity contribution in [3.63, 3.8) is 0 Å². The average molecular weight is 218 g/mol. The van der Waals surface area contributed by atoms with Gasteiger partial charge in [-0.25, -0.2) is 4.39 Å².